The van der Waals surface area contributed by atoms with Crippen molar-refractivity contribution in [1.82, 2.24) is 14.5 Å². The molecule has 0 aromatic carbocycles. The first kappa shape index (κ1) is 11.5. The quantitative estimate of drug-likeness (QED) is 0.753. The summed E-state index contributed by atoms with van der Waals surface area (Å²) < 4.78 is 1.93. The second-order valence-electron chi connectivity index (χ2n) is 4.04. The van der Waals surface area contributed by atoms with E-state index in [1.807, 2.05) is 36.9 Å². The van der Waals surface area contributed by atoms with Crippen LogP contribution in [0.25, 0.3) is 0 Å². The summed E-state index contributed by atoms with van der Waals surface area (Å²) in [5.74, 6) is 0.989. The molecule has 0 bridgehead atoms. The molecule has 0 unspecified atom stereocenters. The average molecular weight is 229 g/mol. The van der Waals surface area contributed by atoms with Crippen LogP contribution in [0, 0.1) is 6.92 Å². The molecule has 2 heterocycles. The number of carbonyl (C=O) groups excluding carboxylic acids is 1. The number of Topliss-reactive ketones (excluding diaryl/α,β-unsaturated/α-hetero) is 1. The second-order valence-corrected chi connectivity index (χ2v) is 4.04. The van der Waals surface area contributed by atoms with Crippen molar-refractivity contribution in [2.24, 2.45) is 7.05 Å². The van der Waals surface area contributed by atoms with E-state index < -0.39 is 0 Å². The number of ketones is 1. The summed E-state index contributed by atoms with van der Waals surface area (Å²) >= 11 is 0. The summed E-state index contributed by atoms with van der Waals surface area (Å²) in [5.41, 5.74) is 1.41. The van der Waals surface area contributed by atoms with E-state index in [9.17, 15) is 4.79 Å². The van der Waals surface area contributed by atoms with Gasteiger partial charge in [0, 0.05) is 38.0 Å². The van der Waals surface area contributed by atoms with Gasteiger partial charge in [-0.05, 0) is 19.1 Å². The van der Waals surface area contributed by atoms with E-state index in [-0.39, 0.29) is 5.78 Å². The zero-order valence-corrected chi connectivity index (χ0v) is 10.1. The van der Waals surface area contributed by atoms with Gasteiger partial charge in [-0.1, -0.05) is 6.07 Å². The maximum absolute atomic E-state index is 11.9. The van der Waals surface area contributed by atoms with Crippen molar-refractivity contribution in [3.63, 3.8) is 0 Å². The Bertz CT molecular complexity index is 531. The predicted octanol–water partition coefficient (Wildman–Crippen LogP) is 1.94. The molecule has 0 spiro atoms. The number of nitrogens with zero attached hydrogens (tertiary/aromatic N) is 3. The largest absolute Gasteiger partial charge is 0.338 e. The molecule has 0 atom stereocenters. The lowest BCUT2D eigenvalue weighted by molar-refractivity contribution is 0.0977. The Morgan fingerprint density at radius 2 is 2.24 bits per heavy atom. The highest BCUT2D eigenvalue weighted by Crippen LogP contribution is 2.06. The van der Waals surface area contributed by atoms with Gasteiger partial charge in [0.1, 0.15) is 11.5 Å². The highest BCUT2D eigenvalue weighted by atomic mass is 16.1. The van der Waals surface area contributed by atoms with Crippen LogP contribution in [0.15, 0.2) is 30.6 Å². The first-order chi connectivity index (χ1) is 8.16. The number of carbonyl (C=O) groups is 1. The number of hydrogen-bond donors (Lipinski definition) is 0. The minimum atomic E-state index is 0.0664. The van der Waals surface area contributed by atoms with E-state index in [2.05, 4.69) is 9.97 Å². The van der Waals surface area contributed by atoms with E-state index in [1.54, 1.807) is 12.3 Å². The van der Waals surface area contributed by atoms with Gasteiger partial charge >= 0.3 is 0 Å². The van der Waals surface area contributed by atoms with Crippen LogP contribution < -0.4 is 0 Å². The molecule has 0 amide bonds. The molecule has 0 aliphatic rings. The molecule has 2 aromatic heterocycles. The molecular formula is C13H15N3O. The number of pyridine rings is 1. The number of aryl methyl sites for hydroxylation is 3. The summed E-state index contributed by atoms with van der Waals surface area (Å²) in [6.45, 7) is 1.88. The molecule has 4 heteroatoms. The Morgan fingerprint density at radius 1 is 1.41 bits per heavy atom. The lowest BCUT2D eigenvalue weighted by Crippen LogP contribution is -2.06. The van der Waals surface area contributed by atoms with Crippen LogP contribution >= 0.6 is 0 Å². The maximum atomic E-state index is 11.9. The van der Waals surface area contributed by atoms with Gasteiger partial charge in [-0.25, -0.2) is 4.98 Å². The third kappa shape index (κ3) is 2.78. The summed E-state index contributed by atoms with van der Waals surface area (Å²) in [6, 6.07) is 5.50. The molecule has 17 heavy (non-hydrogen) atoms. The van der Waals surface area contributed by atoms with Crippen LogP contribution in [0.2, 0.25) is 0 Å². The van der Waals surface area contributed by atoms with Crippen LogP contribution in [0.1, 0.15) is 28.4 Å². The van der Waals surface area contributed by atoms with Crippen molar-refractivity contribution in [2.75, 3.05) is 0 Å². The summed E-state index contributed by atoms with van der Waals surface area (Å²) in [4.78, 5) is 20.3. The van der Waals surface area contributed by atoms with E-state index in [0.717, 1.165) is 11.5 Å². The van der Waals surface area contributed by atoms with Crippen molar-refractivity contribution >= 4 is 5.78 Å². The average Bonchev–Trinajstić information content (AvgIpc) is 2.72. The fourth-order valence-electron chi connectivity index (χ4n) is 1.69. The highest BCUT2D eigenvalue weighted by molar-refractivity contribution is 5.94. The molecular weight excluding hydrogens is 214 g/mol. The van der Waals surface area contributed by atoms with Crippen molar-refractivity contribution < 1.29 is 4.79 Å². The number of aromatic nitrogens is 3. The van der Waals surface area contributed by atoms with Gasteiger partial charge in [0.15, 0.2) is 5.78 Å². The van der Waals surface area contributed by atoms with Crippen LogP contribution in [0.3, 0.4) is 0 Å². The Kier molecular flexibility index (Phi) is 3.32. The third-order valence-corrected chi connectivity index (χ3v) is 2.67. The van der Waals surface area contributed by atoms with E-state index in [1.165, 1.54) is 0 Å². The highest BCUT2D eigenvalue weighted by Gasteiger charge is 2.09. The third-order valence-electron chi connectivity index (χ3n) is 2.67. The van der Waals surface area contributed by atoms with Gasteiger partial charge in [0.2, 0.25) is 0 Å². The molecule has 0 fully saturated rings. The van der Waals surface area contributed by atoms with Crippen LogP contribution in [0.5, 0.6) is 0 Å². The molecule has 88 valence electrons. The summed E-state index contributed by atoms with van der Waals surface area (Å²) in [6.07, 6.45) is 4.72. The standard InChI is InChI=1S/C13H15N3O/c1-10-4-3-5-11(15-10)12(17)6-7-13-14-8-9-16(13)2/h3-5,8-9H,6-7H2,1-2H3. The van der Waals surface area contributed by atoms with Crippen molar-refractivity contribution in [3.8, 4) is 0 Å². The minimum absolute atomic E-state index is 0.0664. The van der Waals surface area contributed by atoms with Crippen molar-refractivity contribution in [3.05, 3.63) is 47.8 Å². The van der Waals surface area contributed by atoms with Gasteiger partial charge in [-0.2, -0.15) is 0 Å². The molecule has 2 rings (SSSR count). The topological polar surface area (TPSA) is 47.8 Å². The molecule has 0 aliphatic carbocycles. The fraction of sp³-hybridized carbons (Fsp3) is 0.308. The Labute approximate surface area is 100 Å². The number of hydrogen-bond acceptors (Lipinski definition) is 3. The summed E-state index contributed by atoms with van der Waals surface area (Å²) in [5, 5.41) is 0. The van der Waals surface area contributed by atoms with Crippen molar-refractivity contribution in [2.45, 2.75) is 19.8 Å². The molecule has 4 nitrogen and oxygen atoms in total. The predicted molar refractivity (Wildman–Crippen MR) is 64.8 cm³/mol. The Balaban J connectivity index is 2.01. The molecule has 2 aromatic rings. The van der Waals surface area contributed by atoms with Crippen LogP contribution in [-0.4, -0.2) is 20.3 Å². The first-order valence-electron chi connectivity index (χ1n) is 5.60. The first-order valence-corrected chi connectivity index (χ1v) is 5.60. The minimum Gasteiger partial charge on any atom is -0.338 e. The zero-order valence-electron chi connectivity index (χ0n) is 10.1. The maximum Gasteiger partial charge on any atom is 0.181 e. The number of imidazole rings is 1. The van der Waals surface area contributed by atoms with E-state index >= 15 is 0 Å². The van der Waals surface area contributed by atoms with Gasteiger partial charge < -0.3 is 4.57 Å². The van der Waals surface area contributed by atoms with E-state index in [0.29, 0.717) is 18.5 Å². The lowest BCUT2D eigenvalue weighted by atomic mass is 10.1. The second kappa shape index (κ2) is 4.91. The molecule has 0 aliphatic heterocycles. The molecule has 0 saturated carbocycles. The van der Waals surface area contributed by atoms with Gasteiger partial charge in [-0.15, -0.1) is 0 Å². The Morgan fingerprint density at radius 3 is 2.88 bits per heavy atom. The lowest BCUT2D eigenvalue weighted by Gasteiger charge is -2.02. The van der Waals surface area contributed by atoms with E-state index in [4.69, 9.17) is 0 Å². The normalized spacial score (nSPS) is 10.5. The molecule has 0 radical (unpaired) electrons. The van der Waals surface area contributed by atoms with Crippen LogP contribution in [-0.2, 0) is 13.5 Å². The van der Waals surface area contributed by atoms with Crippen LogP contribution in [0.4, 0.5) is 0 Å². The molecule has 0 N–H and O–H groups in total. The molecule has 0 saturated heterocycles. The monoisotopic (exact) mass is 229 g/mol. The van der Waals surface area contributed by atoms with Gasteiger partial charge in [0.25, 0.3) is 0 Å². The Hall–Kier alpha value is -1.97. The summed E-state index contributed by atoms with van der Waals surface area (Å²) in [7, 11) is 1.93. The SMILES string of the molecule is Cc1cccc(C(=O)CCc2nccn2C)n1. The number of rotatable bonds is 4. The van der Waals surface area contributed by atoms with Gasteiger partial charge in [-0.3, -0.25) is 9.78 Å². The fourth-order valence-corrected chi connectivity index (χ4v) is 1.69. The zero-order chi connectivity index (χ0) is 12.3. The van der Waals surface area contributed by atoms with Crippen molar-refractivity contribution in [1.29, 1.82) is 0 Å². The van der Waals surface area contributed by atoms with Gasteiger partial charge in [0.05, 0.1) is 0 Å². The smallest absolute Gasteiger partial charge is 0.181 e.